The van der Waals surface area contributed by atoms with Crippen molar-refractivity contribution in [3.63, 3.8) is 0 Å². The Labute approximate surface area is 148 Å². The van der Waals surface area contributed by atoms with Gasteiger partial charge in [-0.25, -0.2) is 11.6 Å². The molecular weight excluding hydrogens is 263 g/mol. The second kappa shape index (κ2) is 7.58. The van der Waals surface area contributed by atoms with Crippen LogP contribution in [0.4, 0.5) is 0 Å². The van der Waals surface area contributed by atoms with E-state index >= 15 is 0 Å². The molecule has 1 aromatic rings. The fraction of sp³-hybridized carbons (Fsp3) is 0.500. The van der Waals surface area contributed by atoms with Crippen molar-refractivity contribution in [3.8, 4) is 5.75 Å². The summed E-state index contributed by atoms with van der Waals surface area (Å²) in [7, 11) is 1.79. The third kappa shape index (κ3) is 4.31. The van der Waals surface area contributed by atoms with Crippen molar-refractivity contribution >= 4 is 0 Å². The van der Waals surface area contributed by atoms with Crippen LogP contribution in [0.2, 0.25) is 0 Å². The maximum atomic E-state index is 5.80. The minimum Gasteiger partial charge on any atom is -0.496 e. The van der Waals surface area contributed by atoms with Gasteiger partial charge in [0, 0.05) is 5.56 Å². The summed E-state index contributed by atoms with van der Waals surface area (Å²) in [6, 6.07) is 4.54. The van der Waals surface area contributed by atoms with Gasteiger partial charge in [0.15, 0.2) is 0 Å². The van der Waals surface area contributed by atoms with Crippen molar-refractivity contribution in [1.82, 2.24) is 0 Å². The van der Waals surface area contributed by atoms with Gasteiger partial charge in [0.2, 0.25) is 0 Å². The van der Waals surface area contributed by atoms with E-state index in [-0.39, 0.29) is 24.3 Å². The largest absolute Gasteiger partial charge is 1.00 e. The summed E-state index contributed by atoms with van der Waals surface area (Å²) in [6.07, 6.45) is 9.78. The molecule has 1 nitrogen and oxygen atoms in total. The molecule has 0 amide bonds. The van der Waals surface area contributed by atoms with E-state index in [1.807, 2.05) is 0 Å². The van der Waals surface area contributed by atoms with Gasteiger partial charge in [-0.15, -0.1) is 6.42 Å². The molecule has 0 fully saturated rings. The normalized spacial score (nSPS) is 15.3. The number of hydrogen-bond donors (Lipinski definition) is 0. The molecule has 1 aliphatic rings. The zero-order chi connectivity index (χ0) is 15.6. The van der Waals surface area contributed by atoms with E-state index in [1.54, 1.807) is 7.11 Å². The van der Waals surface area contributed by atoms with E-state index in [9.17, 15) is 0 Å². The number of hydrogen-bond acceptors (Lipinski definition) is 1. The van der Waals surface area contributed by atoms with Gasteiger partial charge in [-0.1, -0.05) is 51.8 Å². The molecule has 0 saturated carbocycles. The standard InChI is InChI=1S/C20H27O.Li/c1-14-11-17(15(2)13-16-9-7-8-10-16)19(21-6)18(12-14)20(3,4)5;/h7,9,11-12,15H,8,13H2,1-6H3;/q-1;+1. The Morgan fingerprint density at radius 1 is 1.27 bits per heavy atom. The Morgan fingerprint density at radius 2 is 1.95 bits per heavy atom. The summed E-state index contributed by atoms with van der Waals surface area (Å²) in [5, 5.41) is 0. The zero-order valence-electron chi connectivity index (χ0n) is 15.2. The monoisotopic (exact) mass is 290 g/mol. The predicted octanol–water partition coefficient (Wildman–Crippen LogP) is 2.49. The van der Waals surface area contributed by atoms with Crippen molar-refractivity contribution in [2.75, 3.05) is 7.11 Å². The Kier molecular flexibility index (Phi) is 6.60. The Hall–Kier alpha value is -0.903. The van der Waals surface area contributed by atoms with Crippen LogP contribution in [0.5, 0.6) is 5.75 Å². The van der Waals surface area contributed by atoms with Crippen molar-refractivity contribution in [1.29, 1.82) is 0 Å². The SMILES string of the molecule is COc1c(C(C)CC2=[C-]CC=C2)cc(C)cc1C(C)(C)C.[Li+]. The zero-order valence-corrected chi connectivity index (χ0v) is 15.2. The van der Waals surface area contributed by atoms with Gasteiger partial charge in [0.25, 0.3) is 0 Å². The van der Waals surface area contributed by atoms with Crippen LogP contribution >= 0.6 is 0 Å². The summed E-state index contributed by atoms with van der Waals surface area (Å²) >= 11 is 0. The number of rotatable bonds is 4. The first kappa shape index (κ1) is 19.1. The molecule has 1 unspecified atom stereocenters. The van der Waals surface area contributed by atoms with Crippen LogP contribution in [0.25, 0.3) is 0 Å². The van der Waals surface area contributed by atoms with Crippen LogP contribution in [-0.2, 0) is 5.41 Å². The summed E-state index contributed by atoms with van der Waals surface area (Å²) in [5.41, 5.74) is 5.33. The first-order valence-corrected chi connectivity index (χ1v) is 7.78. The van der Waals surface area contributed by atoms with Crippen molar-refractivity contribution in [2.45, 2.75) is 58.8 Å². The molecule has 1 aromatic carbocycles. The number of aryl methyl sites for hydroxylation is 1. The molecule has 0 spiro atoms. The number of methoxy groups -OCH3 is 1. The number of benzene rings is 1. The van der Waals surface area contributed by atoms with Crippen LogP contribution < -0.4 is 23.6 Å². The van der Waals surface area contributed by atoms with Crippen molar-refractivity contribution in [3.05, 3.63) is 52.6 Å². The Balaban J connectivity index is 0.00000242. The van der Waals surface area contributed by atoms with E-state index in [0.29, 0.717) is 5.92 Å². The third-order valence-corrected chi connectivity index (χ3v) is 4.10. The molecule has 0 saturated heterocycles. The maximum absolute atomic E-state index is 5.80. The molecule has 114 valence electrons. The molecule has 0 heterocycles. The van der Waals surface area contributed by atoms with Gasteiger partial charge in [0.1, 0.15) is 5.75 Å². The topological polar surface area (TPSA) is 9.23 Å². The molecule has 0 N–H and O–H groups in total. The fourth-order valence-electron chi connectivity index (χ4n) is 2.98. The van der Waals surface area contributed by atoms with E-state index in [1.165, 1.54) is 22.3 Å². The summed E-state index contributed by atoms with van der Waals surface area (Å²) in [6.45, 7) is 11.2. The van der Waals surface area contributed by atoms with Gasteiger partial charge in [0.05, 0.1) is 7.11 Å². The Bertz CT molecular complexity index is 576. The number of ether oxygens (including phenoxy) is 1. The van der Waals surface area contributed by atoms with Crippen molar-refractivity contribution in [2.24, 2.45) is 0 Å². The quantitative estimate of drug-likeness (QED) is 0.611. The summed E-state index contributed by atoms with van der Waals surface area (Å²) in [4.78, 5) is 0. The van der Waals surface area contributed by atoms with Crippen LogP contribution in [0.1, 0.15) is 63.1 Å². The van der Waals surface area contributed by atoms with E-state index in [4.69, 9.17) is 4.74 Å². The molecule has 1 aliphatic carbocycles. The van der Waals surface area contributed by atoms with Gasteiger partial charge >= 0.3 is 18.9 Å². The molecule has 0 radical (unpaired) electrons. The van der Waals surface area contributed by atoms with E-state index < -0.39 is 0 Å². The van der Waals surface area contributed by atoms with Gasteiger partial charge in [-0.2, -0.15) is 6.08 Å². The minimum atomic E-state index is 0. The molecule has 0 aliphatic heterocycles. The second-order valence-corrected chi connectivity index (χ2v) is 7.10. The maximum Gasteiger partial charge on any atom is 1.00 e. The van der Waals surface area contributed by atoms with Crippen LogP contribution in [0.15, 0.2) is 29.9 Å². The summed E-state index contributed by atoms with van der Waals surface area (Å²) in [5.74, 6) is 1.49. The first-order chi connectivity index (χ1) is 9.82. The predicted molar refractivity (Wildman–Crippen MR) is 90.0 cm³/mol. The molecule has 0 bridgehead atoms. The van der Waals surface area contributed by atoms with Gasteiger partial charge in [-0.3, -0.25) is 6.08 Å². The fourth-order valence-corrected chi connectivity index (χ4v) is 2.98. The Morgan fingerprint density at radius 3 is 2.45 bits per heavy atom. The molecule has 2 heteroatoms. The van der Waals surface area contributed by atoms with Crippen LogP contribution in [-0.4, -0.2) is 7.11 Å². The molecule has 22 heavy (non-hydrogen) atoms. The van der Waals surface area contributed by atoms with E-state index in [0.717, 1.165) is 18.6 Å². The molecule has 2 rings (SSSR count). The van der Waals surface area contributed by atoms with Gasteiger partial charge < -0.3 is 4.74 Å². The van der Waals surface area contributed by atoms with Gasteiger partial charge in [-0.05, 0) is 23.8 Å². The van der Waals surface area contributed by atoms with Crippen molar-refractivity contribution < 1.29 is 23.6 Å². The molecule has 0 aromatic heterocycles. The average molecular weight is 290 g/mol. The van der Waals surface area contributed by atoms with Crippen LogP contribution in [0.3, 0.4) is 0 Å². The molecule has 1 atom stereocenters. The number of allylic oxidation sites excluding steroid dienone is 4. The summed E-state index contributed by atoms with van der Waals surface area (Å²) < 4.78 is 5.80. The first-order valence-electron chi connectivity index (χ1n) is 7.78. The molecular formula is C20H27LiO. The van der Waals surface area contributed by atoms with E-state index in [2.05, 4.69) is 65.0 Å². The van der Waals surface area contributed by atoms with Crippen LogP contribution in [0, 0.1) is 13.0 Å². The third-order valence-electron chi connectivity index (χ3n) is 4.10. The average Bonchev–Trinajstić information content (AvgIpc) is 2.89. The second-order valence-electron chi connectivity index (χ2n) is 7.10. The smallest absolute Gasteiger partial charge is 0.496 e. The minimum absolute atomic E-state index is 0.